The number of nitrogens with zero attached hydrogens (tertiary/aromatic N) is 3. The van der Waals surface area contributed by atoms with Gasteiger partial charge in [-0.2, -0.15) is 4.98 Å². The Balaban J connectivity index is 2.18. The number of carboxylic acid groups (broad SMARTS) is 1. The van der Waals surface area contributed by atoms with Crippen LogP contribution in [0.1, 0.15) is 12.2 Å². The van der Waals surface area contributed by atoms with Gasteiger partial charge in [-0.1, -0.05) is 6.07 Å². The third-order valence-corrected chi connectivity index (χ3v) is 2.31. The molecule has 2 aromatic heterocycles. The van der Waals surface area contributed by atoms with Crippen molar-refractivity contribution in [3.8, 4) is 17.3 Å². The highest BCUT2D eigenvalue weighted by molar-refractivity contribution is 5.66. The second kappa shape index (κ2) is 5.90. The number of hydrogen-bond donors (Lipinski definition) is 1. The molecule has 6 heteroatoms. The van der Waals surface area contributed by atoms with Gasteiger partial charge in [0, 0.05) is 12.3 Å². The summed E-state index contributed by atoms with van der Waals surface area (Å²) in [6, 6.07) is 7.17. The van der Waals surface area contributed by atoms with E-state index in [0.717, 1.165) is 5.69 Å². The molecule has 2 heterocycles. The van der Waals surface area contributed by atoms with Crippen molar-refractivity contribution in [1.82, 2.24) is 15.0 Å². The van der Waals surface area contributed by atoms with Crippen molar-refractivity contribution in [3.63, 3.8) is 0 Å². The van der Waals surface area contributed by atoms with Gasteiger partial charge in [-0.05, 0) is 19.1 Å². The number of aliphatic carboxylic acids is 1. The summed E-state index contributed by atoms with van der Waals surface area (Å²) in [5.41, 5.74) is 1.37. The van der Waals surface area contributed by atoms with E-state index < -0.39 is 5.97 Å². The molecule has 0 aliphatic carbocycles. The van der Waals surface area contributed by atoms with Crippen LogP contribution in [0.4, 0.5) is 0 Å². The Kier molecular flexibility index (Phi) is 4.02. The number of carbonyl (C=O) groups is 1. The summed E-state index contributed by atoms with van der Waals surface area (Å²) in [6.07, 6.45) is 1.61. The fourth-order valence-corrected chi connectivity index (χ4v) is 1.50. The first-order chi connectivity index (χ1) is 9.15. The molecule has 0 aromatic carbocycles. The molecular formula is C13H13N3O3. The summed E-state index contributed by atoms with van der Waals surface area (Å²) >= 11 is 0. The monoisotopic (exact) mass is 259 g/mol. The number of aromatic nitrogens is 3. The van der Waals surface area contributed by atoms with Gasteiger partial charge in [-0.25, -0.2) is 4.98 Å². The molecule has 1 N–H and O–H groups in total. The molecule has 0 amide bonds. The van der Waals surface area contributed by atoms with Gasteiger partial charge >= 0.3 is 5.97 Å². The van der Waals surface area contributed by atoms with Gasteiger partial charge in [0.2, 0.25) is 5.88 Å². The summed E-state index contributed by atoms with van der Waals surface area (Å²) < 4.78 is 5.30. The van der Waals surface area contributed by atoms with Crippen LogP contribution in [0.5, 0.6) is 5.88 Å². The molecule has 2 rings (SSSR count). The Morgan fingerprint density at radius 3 is 2.84 bits per heavy atom. The minimum atomic E-state index is -0.907. The lowest BCUT2D eigenvalue weighted by atomic mass is 10.2. The maximum atomic E-state index is 10.4. The number of pyridine rings is 1. The van der Waals surface area contributed by atoms with Crippen LogP contribution >= 0.6 is 0 Å². The van der Waals surface area contributed by atoms with Crippen molar-refractivity contribution in [1.29, 1.82) is 0 Å². The highest BCUT2D eigenvalue weighted by atomic mass is 16.5. The zero-order valence-corrected chi connectivity index (χ0v) is 10.4. The van der Waals surface area contributed by atoms with Crippen LogP contribution in [-0.4, -0.2) is 32.6 Å². The summed E-state index contributed by atoms with van der Waals surface area (Å²) in [5.74, 6) is -0.00129. The molecule has 0 saturated heterocycles. The van der Waals surface area contributed by atoms with E-state index in [-0.39, 0.29) is 13.0 Å². The third-order valence-electron chi connectivity index (χ3n) is 2.31. The van der Waals surface area contributed by atoms with Crippen molar-refractivity contribution >= 4 is 5.97 Å². The van der Waals surface area contributed by atoms with Crippen LogP contribution in [0.15, 0.2) is 30.5 Å². The van der Waals surface area contributed by atoms with E-state index in [1.165, 1.54) is 0 Å². The summed E-state index contributed by atoms with van der Waals surface area (Å²) in [7, 11) is 0. The number of carboxylic acids is 1. The van der Waals surface area contributed by atoms with E-state index in [1.54, 1.807) is 19.2 Å². The maximum Gasteiger partial charge on any atom is 0.306 e. The van der Waals surface area contributed by atoms with Crippen LogP contribution in [0, 0.1) is 6.92 Å². The second-order valence-electron chi connectivity index (χ2n) is 3.85. The van der Waals surface area contributed by atoms with Crippen LogP contribution < -0.4 is 4.74 Å². The molecule has 0 saturated carbocycles. The maximum absolute atomic E-state index is 10.4. The Hall–Kier alpha value is -2.50. The van der Waals surface area contributed by atoms with Gasteiger partial charge in [0.05, 0.1) is 17.8 Å². The minimum Gasteiger partial charge on any atom is -0.481 e. The van der Waals surface area contributed by atoms with Gasteiger partial charge in [-0.15, -0.1) is 0 Å². The molecule has 2 aromatic rings. The first-order valence-electron chi connectivity index (χ1n) is 5.77. The van der Waals surface area contributed by atoms with Crippen LogP contribution in [0.3, 0.4) is 0 Å². The zero-order valence-electron chi connectivity index (χ0n) is 10.4. The Morgan fingerprint density at radius 2 is 2.16 bits per heavy atom. The lowest BCUT2D eigenvalue weighted by Crippen LogP contribution is -2.06. The fourth-order valence-electron chi connectivity index (χ4n) is 1.50. The predicted molar refractivity (Wildman–Crippen MR) is 67.7 cm³/mol. The summed E-state index contributed by atoms with van der Waals surface area (Å²) in [5, 5.41) is 8.56. The van der Waals surface area contributed by atoms with E-state index in [0.29, 0.717) is 17.4 Å². The van der Waals surface area contributed by atoms with E-state index in [4.69, 9.17) is 9.84 Å². The number of ether oxygens (including phenoxy) is 1. The van der Waals surface area contributed by atoms with Gasteiger partial charge in [0.25, 0.3) is 0 Å². The molecule has 0 spiro atoms. The highest BCUT2D eigenvalue weighted by Crippen LogP contribution is 2.18. The molecule has 98 valence electrons. The molecule has 19 heavy (non-hydrogen) atoms. The normalized spacial score (nSPS) is 10.2. The van der Waals surface area contributed by atoms with E-state index in [9.17, 15) is 4.79 Å². The topological polar surface area (TPSA) is 85.2 Å². The number of rotatable bonds is 5. The lowest BCUT2D eigenvalue weighted by Gasteiger charge is -2.06. The van der Waals surface area contributed by atoms with Crippen molar-refractivity contribution < 1.29 is 14.6 Å². The minimum absolute atomic E-state index is 0.0675. The zero-order chi connectivity index (χ0) is 13.7. The van der Waals surface area contributed by atoms with Crippen molar-refractivity contribution in [2.75, 3.05) is 6.61 Å². The lowest BCUT2D eigenvalue weighted by molar-refractivity contribution is -0.137. The molecule has 0 radical (unpaired) electrons. The van der Waals surface area contributed by atoms with Crippen molar-refractivity contribution in [2.24, 2.45) is 0 Å². The van der Waals surface area contributed by atoms with Crippen molar-refractivity contribution in [2.45, 2.75) is 13.3 Å². The molecule has 0 unspecified atom stereocenters. The standard InChI is InChI=1S/C13H13N3O3/c1-9-15-11(10-4-2-3-6-14-10)8-12(16-9)19-7-5-13(17)18/h2-4,6,8H,5,7H2,1H3,(H,17,18). The highest BCUT2D eigenvalue weighted by Gasteiger charge is 2.06. The van der Waals surface area contributed by atoms with Gasteiger partial charge in [0.15, 0.2) is 0 Å². The average molecular weight is 259 g/mol. The summed E-state index contributed by atoms with van der Waals surface area (Å²) in [4.78, 5) is 23.0. The molecule has 6 nitrogen and oxygen atoms in total. The molecule has 0 aliphatic rings. The Morgan fingerprint density at radius 1 is 1.32 bits per heavy atom. The van der Waals surface area contributed by atoms with Crippen LogP contribution in [-0.2, 0) is 4.79 Å². The number of hydrogen-bond acceptors (Lipinski definition) is 5. The second-order valence-corrected chi connectivity index (χ2v) is 3.85. The van der Waals surface area contributed by atoms with Crippen molar-refractivity contribution in [3.05, 3.63) is 36.3 Å². The number of aryl methyl sites for hydroxylation is 1. The molecule has 0 bridgehead atoms. The van der Waals surface area contributed by atoms with E-state index in [1.807, 2.05) is 18.2 Å². The third kappa shape index (κ3) is 3.74. The van der Waals surface area contributed by atoms with Crippen LogP contribution in [0.25, 0.3) is 11.4 Å². The Labute approximate surface area is 110 Å². The molecule has 0 aliphatic heterocycles. The molecule has 0 atom stereocenters. The molecule has 0 fully saturated rings. The SMILES string of the molecule is Cc1nc(OCCC(=O)O)cc(-c2ccccn2)n1. The molecular weight excluding hydrogens is 246 g/mol. The first-order valence-corrected chi connectivity index (χ1v) is 5.77. The van der Waals surface area contributed by atoms with E-state index >= 15 is 0 Å². The smallest absolute Gasteiger partial charge is 0.306 e. The van der Waals surface area contributed by atoms with Crippen LogP contribution in [0.2, 0.25) is 0 Å². The van der Waals surface area contributed by atoms with Gasteiger partial charge in [-0.3, -0.25) is 9.78 Å². The predicted octanol–water partition coefficient (Wildman–Crippen LogP) is 1.70. The summed E-state index contributed by atoms with van der Waals surface area (Å²) in [6.45, 7) is 1.82. The Bertz CT molecular complexity index is 573. The quantitative estimate of drug-likeness (QED) is 0.879. The van der Waals surface area contributed by atoms with Gasteiger partial charge in [0.1, 0.15) is 12.4 Å². The average Bonchev–Trinajstić information content (AvgIpc) is 2.39. The fraction of sp³-hybridized carbons (Fsp3) is 0.231. The van der Waals surface area contributed by atoms with Gasteiger partial charge < -0.3 is 9.84 Å². The largest absolute Gasteiger partial charge is 0.481 e. The first kappa shape index (κ1) is 12.9. The van der Waals surface area contributed by atoms with E-state index in [2.05, 4.69) is 15.0 Å².